The number of carbonyl (C=O) groups excluding carboxylic acids is 1. The number of fused-ring (bicyclic) bond motifs is 4. The van der Waals surface area contributed by atoms with Crippen LogP contribution in [0.1, 0.15) is 45.0 Å². The third-order valence-electron chi connectivity index (χ3n) is 6.33. The Kier molecular flexibility index (Phi) is 5.00. The van der Waals surface area contributed by atoms with Crippen molar-refractivity contribution in [1.29, 1.82) is 0 Å². The highest BCUT2D eigenvalue weighted by Gasteiger charge is 2.30. The van der Waals surface area contributed by atoms with E-state index in [1.807, 2.05) is 91.2 Å². The van der Waals surface area contributed by atoms with Crippen LogP contribution >= 0.6 is 11.6 Å². The second-order valence-corrected chi connectivity index (χ2v) is 8.93. The van der Waals surface area contributed by atoms with Gasteiger partial charge in [0.2, 0.25) is 0 Å². The van der Waals surface area contributed by atoms with Gasteiger partial charge in [0.15, 0.2) is 12.0 Å². The lowest BCUT2D eigenvalue weighted by Gasteiger charge is -2.14. The first-order chi connectivity index (χ1) is 17.0. The van der Waals surface area contributed by atoms with Gasteiger partial charge in [-0.1, -0.05) is 60.1 Å². The minimum atomic E-state index is -0.757. The molecule has 0 aliphatic carbocycles. The topological polar surface area (TPSA) is 88.0 Å². The van der Waals surface area contributed by atoms with E-state index in [0.29, 0.717) is 22.4 Å². The van der Waals surface area contributed by atoms with Crippen molar-refractivity contribution in [1.82, 2.24) is 25.1 Å². The number of hydrogen-bond donors (Lipinski definition) is 2. The monoisotopic (exact) mass is 480 g/mol. The predicted octanol–water partition coefficient (Wildman–Crippen LogP) is 5.30. The summed E-state index contributed by atoms with van der Waals surface area (Å²) in [5.41, 5.74) is 5.73. The first-order valence-electron chi connectivity index (χ1n) is 11.2. The van der Waals surface area contributed by atoms with Crippen molar-refractivity contribution in [2.24, 2.45) is 4.99 Å². The number of para-hydroxylation sites is 2. The Hall–Kier alpha value is -4.23. The van der Waals surface area contributed by atoms with Gasteiger partial charge in [0.1, 0.15) is 11.5 Å². The number of aliphatic imine (C=N–C) groups is 1. The zero-order valence-electron chi connectivity index (χ0n) is 19.1. The number of carbonyl (C=O) groups is 1. The maximum atomic E-state index is 13.5. The molecular weight excluding hydrogens is 460 g/mol. The van der Waals surface area contributed by atoms with E-state index in [2.05, 4.69) is 20.5 Å². The Balaban J connectivity index is 1.50. The first kappa shape index (κ1) is 21.3. The van der Waals surface area contributed by atoms with Gasteiger partial charge < -0.3 is 10.3 Å². The zero-order chi connectivity index (χ0) is 24.1. The quantitative estimate of drug-likeness (QED) is 0.367. The minimum Gasteiger partial charge on any atom is -0.350 e. The lowest BCUT2D eigenvalue weighted by Crippen LogP contribution is -2.30. The summed E-state index contributed by atoms with van der Waals surface area (Å²) in [5, 5.41) is 13.4. The van der Waals surface area contributed by atoms with Crippen LogP contribution in [0.15, 0.2) is 77.8 Å². The van der Waals surface area contributed by atoms with Crippen molar-refractivity contribution in [3.8, 4) is 5.69 Å². The van der Waals surface area contributed by atoms with Crippen molar-refractivity contribution < 1.29 is 4.79 Å². The van der Waals surface area contributed by atoms with Crippen LogP contribution in [0, 0.1) is 13.8 Å². The molecule has 0 saturated carbocycles. The van der Waals surface area contributed by atoms with Crippen LogP contribution in [0.5, 0.6) is 0 Å². The number of aromatic nitrogens is 4. The summed E-state index contributed by atoms with van der Waals surface area (Å²) in [6, 6.07) is 23.3. The molecule has 0 radical (unpaired) electrons. The van der Waals surface area contributed by atoms with E-state index in [1.165, 1.54) is 0 Å². The fraction of sp³-hybridized carbons (Fsp3) is 0.111. The van der Waals surface area contributed by atoms with Crippen LogP contribution in [0.3, 0.4) is 0 Å². The Morgan fingerprint density at radius 3 is 2.51 bits per heavy atom. The van der Waals surface area contributed by atoms with Crippen molar-refractivity contribution >= 4 is 34.1 Å². The van der Waals surface area contributed by atoms with Gasteiger partial charge in [-0.05, 0) is 43.7 Å². The number of nitrogens with zero attached hydrogens (tertiary/aromatic N) is 4. The molecule has 1 atom stereocenters. The minimum absolute atomic E-state index is 0.263. The van der Waals surface area contributed by atoms with E-state index in [4.69, 9.17) is 16.6 Å². The molecular formula is C27H21ClN6O. The maximum Gasteiger partial charge on any atom is 0.269 e. The highest BCUT2D eigenvalue weighted by molar-refractivity contribution is 6.30. The van der Waals surface area contributed by atoms with E-state index in [1.54, 1.807) is 0 Å². The third-order valence-corrected chi connectivity index (χ3v) is 6.58. The van der Waals surface area contributed by atoms with Crippen LogP contribution in [0.4, 0.5) is 0 Å². The van der Waals surface area contributed by atoms with Gasteiger partial charge in [-0.25, -0.2) is 0 Å². The maximum absolute atomic E-state index is 13.5. The highest BCUT2D eigenvalue weighted by atomic mass is 35.5. The Bertz CT molecular complexity index is 1630. The summed E-state index contributed by atoms with van der Waals surface area (Å²) in [5.74, 6) is 0.989. The van der Waals surface area contributed by atoms with Crippen molar-refractivity contribution in [3.05, 3.63) is 112 Å². The fourth-order valence-corrected chi connectivity index (χ4v) is 4.74. The number of H-pyrrole nitrogens is 1. The van der Waals surface area contributed by atoms with Crippen molar-refractivity contribution in [2.75, 3.05) is 0 Å². The van der Waals surface area contributed by atoms with E-state index in [9.17, 15) is 4.79 Å². The van der Waals surface area contributed by atoms with Crippen LogP contribution in [0.25, 0.3) is 16.6 Å². The van der Waals surface area contributed by atoms with E-state index < -0.39 is 6.17 Å². The standard InChI is InChI=1S/C27H21ClN6O/c1-15-19-7-3-5-9-21(19)29-23(15)27(35)31-25-26-33-32-16(2)34(26)22-10-6-4-8-20(22)24(30-25)17-11-13-18(28)14-12-17/h3-14,25,29H,1-2H3,(H,31,35). The van der Waals surface area contributed by atoms with E-state index in [0.717, 1.165) is 39.0 Å². The van der Waals surface area contributed by atoms with Gasteiger partial charge in [-0.2, -0.15) is 0 Å². The predicted molar refractivity (Wildman–Crippen MR) is 136 cm³/mol. The van der Waals surface area contributed by atoms with E-state index >= 15 is 0 Å². The number of rotatable bonds is 3. The summed E-state index contributed by atoms with van der Waals surface area (Å²) >= 11 is 6.15. The Morgan fingerprint density at radius 2 is 1.71 bits per heavy atom. The molecule has 0 spiro atoms. The number of aryl methyl sites for hydroxylation is 2. The molecule has 0 saturated heterocycles. The molecule has 0 bridgehead atoms. The summed E-state index contributed by atoms with van der Waals surface area (Å²) in [6.45, 7) is 3.83. The number of nitrogens with one attached hydrogen (secondary N) is 2. The molecule has 1 aliphatic rings. The second-order valence-electron chi connectivity index (χ2n) is 8.49. The molecule has 3 aromatic carbocycles. The lowest BCUT2D eigenvalue weighted by molar-refractivity contribution is 0.0931. The van der Waals surface area contributed by atoms with Crippen molar-refractivity contribution in [3.63, 3.8) is 0 Å². The molecule has 8 heteroatoms. The molecule has 2 aromatic heterocycles. The fourth-order valence-electron chi connectivity index (χ4n) is 4.62. The van der Waals surface area contributed by atoms with Gasteiger partial charge in [-0.3, -0.25) is 14.4 Å². The normalized spacial score (nSPS) is 14.7. The number of halogens is 1. The lowest BCUT2D eigenvalue weighted by atomic mass is 10.0. The molecule has 6 rings (SSSR count). The van der Waals surface area contributed by atoms with Crippen molar-refractivity contribution in [2.45, 2.75) is 20.0 Å². The summed E-state index contributed by atoms with van der Waals surface area (Å²) in [4.78, 5) is 21.8. The summed E-state index contributed by atoms with van der Waals surface area (Å²) in [6.07, 6.45) is -0.757. The summed E-state index contributed by atoms with van der Waals surface area (Å²) in [7, 11) is 0. The second kappa shape index (κ2) is 8.21. The molecule has 5 aromatic rings. The van der Waals surface area contributed by atoms with Gasteiger partial charge >= 0.3 is 0 Å². The molecule has 0 fully saturated rings. The first-order valence-corrected chi connectivity index (χ1v) is 11.6. The largest absolute Gasteiger partial charge is 0.350 e. The van der Waals surface area contributed by atoms with Gasteiger partial charge in [0.05, 0.1) is 11.4 Å². The molecule has 1 unspecified atom stereocenters. The number of hydrogen-bond acceptors (Lipinski definition) is 4. The number of benzene rings is 3. The number of aromatic amines is 1. The average molecular weight is 481 g/mol. The average Bonchev–Trinajstić information content (AvgIpc) is 3.38. The third kappa shape index (κ3) is 3.52. The van der Waals surface area contributed by atoms with Crippen LogP contribution in [-0.4, -0.2) is 31.4 Å². The molecule has 3 heterocycles. The van der Waals surface area contributed by atoms with Gasteiger partial charge in [0.25, 0.3) is 5.91 Å². The number of amides is 1. The highest BCUT2D eigenvalue weighted by Crippen LogP contribution is 2.30. The zero-order valence-corrected chi connectivity index (χ0v) is 19.8. The van der Waals surface area contributed by atoms with Crippen LogP contribution in [-0.2, 0) is 0 Å². The molecule has 2 N–H and O–H groups in total. The van der Waals surface area contributed by atoms with Gasteiger partial charge in [-0.15, -0.1) is 10.2 Å². The van der Waals surface area contributed by atoms with Crippen LogP contribution < -0.4 is 5.32 Å². The smallest absolute Gasteiger partial charge is 0.269 e. The van der Waals surface area contributed by atoms with Gasteiger partial charge in [0, 0.05) is 27.1 Å². The molecule has 35 heavy (non-hydrogen) atoms. The molecule has 1 amide bonds. The molecule has 7 nitrogen and oxygen atoms in total. The summed E-state index contributed by atoms with van der Waals surface area (Å²) < 4.78 is 1.95. The van der Waals surface area contributed by atoms with Crippen LogP contribution in [0.2, 0.25) is 5.02 Å². The molecule has 1 aliphatic heterocycles. The van der Waals surface area contributed by atoms with E-state index in [-0.39, 0.29) is 5.91 Å². The Labute approximate surface area is 206 Å². The molecule has 172 valence electrons. The Morgan fingerprint density at radius 1 is 0.971 bits per heavy atom. The SMILES string of the molecule is Cc1c(C(=O)NC2N=C(c3ccc(Cl)cc3)c3ccccc3-n3c(C)nnc32)[nH]c2ccccc12.